The summed E-state index contributed by atoms with van der Waals surface area (Å²) >= 11 is 0. The Morgan fingerprint density at radius 2 is 2.04 bits per heavy atom. The number of benzene rings is 1. The molecule has 0 unspecified atom stereocenters. The second-order valence-electron chi connectivity index (χ2n) is 5.67. The zero-order chi connectivity index (χ0) is 17.4. The molecule has 7 nitrogen and oxygen atoms in total. The lowest BCUT2D eigenvalue weighted by Crippen LogP contribution is -2.48. The molecule has 0 amide bonds. The highest BCUT2D eigenvalue weighted by Gasteiger charge is 2.40. The van der Waals surface area contributed by atoms with Gasteiger partial charge in [-0.05, 0) is 30.3 Å². The Hall–Kier alpha value is -2.65. The molecule has 25 heavy (non-hydrogen) atoms. The summed E-state index contributed by atoms with van der Waals surface area (Å²) in [7, 11) is -3.72. The summed E-state index contributed by atoms with van der Waals surface area (Å²) in [5.41, 5.74) is 0.723. The van der Waals surface area contributed by atoms with Crippen molar-refractivity contribution >= 4 is 10.0 Å². The van der Waals surface area contributed by atoms with Gasteiger partial charge in [-0.3, -0.25) is 4.98 Å². The van der Waals surface area contributed by atoms with Gasteiger partial charge in [-0.2, -0.15) is 9.29 Å². The molecule has 1 aromatic carbocycles. The number of sulfonamides is 1. The Morgan fingerprint density at radius 1 is 1.20 bits per heavy atom. The van der Waals surface area contributed by atoms with Gasteiger partial charge in [-0.15, -0.1) is 0 Å². The zero-order valence-electron chi connectivity index (χ0n) is 12.9. The summed E-state index contributed by atoms with van der Waals surface area (Å²) in [5.74, 6) is 0.0245. The molecule has 0 N–H and O–H groups in total. The van der Waals surface area contributed by atoms with E-state index in [2.05, 4.69) is 15.1 Å². The van der Waals surface area contributed by atoms with Gasteiger partial charge in [0, 0.05) is 31.0 Å². The molecule has 3 aromatic rings. The van der Waals surface area contributed by atoms with Crippen LogP contribution in [0.4, 0.5) is 4.39 Å². The number of nitrogens with zero attached hydrogens (tertiary/aromatic N) is 4. The predicted molar refractivity (Wildman–Crippen MR) is 85.4 cm³/mol. The van der Waals surface area contributed by atoms with E-state index in [1.165, 1.54) is 22.5 Å². The van der Waals surface area contributed by atoms with Crippen molar-refractivity contribution in [2.45, 2.75) is 10.8 Å². The molecular formula is C16H13FN4O3S. The second-order valence-corrected chi connectivity index (χ2v) is 7.61. The molecule has 0 saturated carbocycles. The van der Waals surface area contributed by atoms with Crippen molar-refractivity contribution in [3.05, 3.63) is 60.5 Å². The summed E-state index contributed by atoms with van der Waals surface area (Å²) in [6.07, 6.45) is 3.27. The average Bonchev–Trinajstić information content (AvgIpc) is 3.04. The van der Waals surface area contributed by atoms with Crippen LogP contribution in [-0.4, -0.2) is 40.9 Å². The fourth-order valence-corrected chi connectivity index (χ4v) is 4.14. The third-order valence-electron chi connectivity index (χ3n) is 3.99. The summed E-state index contributed by atoms with van der Waals surface area (Å²) < 4.78 is 44.7. The maximum atomic E-state index is 13.3. The van der Waals surface area contributed by atoms with Crippen molar-refractivity contribution < 1.29 is 17.3 Å². The molecule has 0 aliphatic carbocycles. The van der Waals surface area contributed by atoms with Gasteiger partial charge in [0.2, 0.25) is 21.7 Å². The van der Waals surface area contributed by atoms with Crippen LogP contribution in [0.25, 0.3) is 11.4 Å². The van der Waals surface area contributed by atoms with Crippen LogP contribution in [0, 0.1) is 5.82 Å². The van der Waals surface area contributed by atoms with Crippen molar-refractivity contribution in [3.8, 4) is 11.4 Å². The van der Waals surface area contributed by atoms with Crippen LogP contribution in [0.15, 0.2) is 58.2 Å². The monoisotopic (exact) mass is 360 g/mol. The molecule has 0 radical (unpaired) electrons. The largest absolute Gasteiger partial charge is 0.339 e. The summed E-state index contributed by atoms with van der Waals surface area (Å²) in [6, 6.07) is 8.54. The van der Waals surface area contributed by atoms with Gasteiger partial charge in [0.25, 0.3) is 0 Å². The average molecular weight is 360 g/mol. The van der Waals surface area contributed by atoms with Crippen molar-refractivity contribution in [2.75, 3.05) is 13.1 Å². The van der Waals surface area contributed by atoms with Crippen LogP contribution >= 0.6 is 0 Å². The number of rotatable bonds is 4. The first-order valence-electron chi connectivity index (χ1n) is 7.54. The molecule has 9 heteroatoms. The molecule has 1 aliphatic rings. The van der Waals surface area contributed by atoms with Gasteiger partial charge in [0.05, 0.1) is 10.8 Å². The summed E-state index contributed by atoms with van der Waals surface area (Å²) in [5, 5.41) is 3.90. The van der Waals surface area contributed by atoms with Crippen molar-refractivity contribution in [3.63, 3.8) is 0 Å². The fourth-order valence-electron chi connectivity index (χ4n) is 2.58. The topological polar surface area (TPSA) is 89.2 Å². The standard InChI is InChI=1S/C16H13FN4O3S/c17-13-4-1-5-14(7-13)25(22,23)21-9-12(10-21)16-19-15(20-24-16)11-3-2-6-18-8-11/h1-8,12H,9-10H2. The van der Waals surface area contributed by atoms with Crippen LogP contribution < -0.4 is 0 Å². The molecule has 4 rings (SSSR count). The van der Waals surface area contributed by atoms with Crippen molar-refractivity contribution in [1.82, 2.24) is 19.4 Å². The molecule has 2 aromatic heterocycles. The van der Waals surface area contributed by atoms with Gasteiger partial charge in [0.15, 0.2) is 0 Å². The van der Waals surface area contributed by atoms with E-state index in [1.807, 2.05) is 6.07 Å². The van der Waals surface area contributed by atoms with E-state index >= 15 is 0 Å². The third-order valence-corrected chi connectivity index (χ3v) is 5.82. The first-order valence-corrected chi connectivity index (χ1v) is 8.98. The van der Waals surface area contributed by atoms with E-state index in [0.29, 0.717) is 11.7 Å². The van der Waals surface area contributed by atoms with E-state index in [-0.39, 0.29) is 23.9 Å². The van der Waals surface area contributed by atoms with E-state index in [1.54, 1.807) is 18.5 Å². The molecular weight excluding hydrogens is 347 g/mol. The lowest BCUT2D eigenvalue weighted by Gasteiger charge is -2.35. The smallest absolute Gasteiger partial charge is 0.243 e. The Kier molecular flexibility index (Phi) is 3.81. The number of halogens is 1. The van der Waals surface area contributed by atoms with Crippen LogP contribution in [0.5, 0.6) is 0 Å². The second kappa shape index (κ2) is 6.01. The van der Waals surface area contributed by atoms with E-state index in [4.69, 9.17) is 4.52 Å². The molecule has 0 spiro atoms. The van der Waals surface area contributed by atoms with Gasteiger partial charge in [-0.1, -0.05) is 11.2 Å². The highest BCUT2D eigenvalue weighted by molar-refractivity contribution is 7.89. The van der Waals surface area contributed by atoms with E-state index in [0.717, 1.165) is 11.6 Å². The van der Waals surface area contributed by atoms with Gasteiger partial charge >= 0.3 is 0 Å². The van der Waals surface area contributed by atoms with Crippen LogP contribution in [0.1, 0.15) is 11.8 Å². The SMILES string of the molecule is O=S(=O)(c1cccc(F)c1)N1CC(c2nc(-c3cccnc3)no2)C1. The Balaban J connectivity index is 1.48. The van der Waals surface area contributed by atoms with E-state index in [9.17, 15) is 12.8 Å². The molecule has 3 heterocycles. The quantitative estimate of drug-likeness (QED) is 0.707. The molecule has 0 atom stereocenters. The molecule has 128 valence electrons. The van der Waals surface area contributed by atoms with Gasteiger partial charge in [-0.25, -0.2) is 12.8 Å². The van der Waals surface area contributed by atoms with Crippen LogP contribution in [0.3, 0.4) is 0 Å². The highest BCUT2D eigenvalue weighted by atomic mass is 32.2. The van der Waals surface area contributed by atoms with Crippen LogP contribution in [0.2, 0.25) is 0 Å². The van der Waals surface area contributed by atoms with E-state index < -0.39 is 15.8 Å². The Labute approximate surface area is 143 Å². The maximum Gasteiger partial charge on any atom is 0.243 e. The summed E-state index contributed by atoms with van der Waals surface area (Å²) in [4.78, 5) is 8.24. The minimum atomic E-state index is -3.72. The van der Waals surface area contributed by atoms with Gasteiger partial charge in [0.1, 0.15) is 5.82 Å². The third kappa shape index (κ3) is 2.92. The molecule has 1 aliphatic heterocycles. The Morgan fingerprint density at radius 3 is 2.76 bits per heavy atom. The summed E-state index contributed by atoms with van der Waals surface area (Å²) in [6.45, 7) is 0.432. The van der Waals surface area contributed by atoms with Gasteiger partial charge < -0.3 is 4.52 Å². The first-order chi connectivity index (χ1) is 12.0. The lowest BCUT2D eigenvalue weighted by atomic mass is 10.0. The van der Waals surface area contributed by atoms with Crippen molar-refractivity contribution in [2.24, 2.45) is 0 Å². The maximum absolute atomic E-state index is 13.3. The highest BCUT2D eigenvalue weighted by Crippen LogP contribution is 2.32. The number of pyridine rings is 1. The molecule has 0 bridgehead atoms. The number of hydrogen-bond acceptors (Lipinski definition) is 6. The predicted octanol–water partition coefficient (Wildman–Crippen LogP) is 2.06. The number of aromatic nitrogens is 3. The molecule has 1 saturated heterocycles. The zero-order valence-corrected chi connectivity index (χ0v) is 13.7. The normalized spacial score (nSPS) is 15.9. The minimum absolute atomic E-state index is 0.0625. The lowest BCUT2D eigenvalue weighted by molar-refractivity contribution is 0.216. The minimum Gasteiger partial charge on any atom is -0.339 e. The fraction of sp³-hybridized carbons (Fsp3) is 0.188. The first kappa shape index (κ1) is 15.9. The molecule has 1 fully saturated rings. The Bertz CT molecular complexity index is 1000. The van der Waals surface area contributed by atoms with Crippen LogP contribution in [-0.2, 0) is 10.0 Å². The van der Waals surface area contributed by atoms with Crippen molar-refractivity contribution in [1.29, 1.82) is 0 Å². The number of hydrogen-bond donors (Lipinski definition) is 0.